The minimum Gasteiger partial charge on any atom is -0.399 e. The van der Waals surface area contributed by atoms with Crippen LogP contribution in [0.15, 0.2) is 72.6 Å². The molecule has 2 heterocycles. The van der Waals surface area contributed by atoms with Gasteiger partial charge in [-0.05, 0) is 49.7 Å². The Hall–Kier alpha value is -3.89. The summed E-state index contributed by atoms with van der Waals surface area (Å²) in [4.78, 5) is 42.7. The molecule has 0 bridgehead atoms. The number of nitrogens with two attached hydrogens (primary N) is 2. The maximum atomic E-state index is 14.3. The van der Waals surface area contributed by atoms with E-state index < -0.39 is 18.2 Å². The minimum atomic E-state index is -0.840. The molecule has 7 N–H and O–H groups in total. The van der Waals surface area contributed by atoms with Crippen molar-refractivity contribution >= 4 is 17.7 Å². The third-order valence-electron chi connectivity index (χ3n) is 8.55. The van der Waals surface area contributed by atoms with E-state index >= 15 is 0 Å². The van der Waals surface area contributed by atoms with Gasteiger partial charge >= 0.3 is 0 Å². The van der Waals surface area contributed by atoms with Crippen LogP contribution in [0, 0.1) is 5.92 Å². The number of nitrogens with zero attached hydrogens (tertiary/aromatic N) is 2. The van der Waals surface area contributed by atoms with Crippen molar-refractivity contribution in [3.8, 4) is 0 Å². The van der Waals surface area contributed by atoms with Crippen LogP contribution in [0.1, 0.15) is 76.0 Å². The van der Waals surface area contributed by atoms with Crippen molar-refractivity contribution < 1.29 is 19.5 Å². The summed E-state index contributed by atoms with van der Waals surface area (Å²) < 4.78 is 0. The van der Waals surface area contributed by atoms with Crippen molar-refractivity contribution in [2.24, 2.45) is 17.5 Å². The second kappa shape index (κ2) is 15.0. The molecular weight excluding hydrogens is 544 g/mol. The first-order valence-electron chi connectivity index (χ1n) is 15.4. The van der Waals surface area contributed by atoms with Gasteiger partial charge in [-0.1, -0.05) is 74.5 Å². The number of fused-ring (bicyclic) bond motifs is 1. The van der Waals surface area contributed by atoms with Crippen molar-refractivity contribution in [1.29, 1.82) is 0 Å². The fourth-order valence-electron chi connectivity index (χ4n) is 6.27. The van der Waals surface area contributed by atoms with Gasteiger partial charge in [-0.2, -0.15) is 0 Å². The average Bonchev–Trinajstić information content (AvgIpc) is 3.40. The standard InChI is InChI=1S/C33H46N6O4/c1-3-11-29(41)36-31-24(20-38(35)21-26(34)28(40)4-2)16-17-25-18-19-27(39(25)33(31)43)32(42)37-30(22-12-7-5-8-13-22)23-14-9-6-10-15-23/h5-10,12-15,21,24-25,27-28,30-31,40H,3-4,11,16-20,34-35H2,1-2H3,(H,36,41)(H,37,42)/b26-21-. The number of hydrazine groups is 1. The Morgan fingerprint density at radius 3 is 2.21 bits per heavy atom. The highest BCUT2D eigenvalue weighted by atomic mass is 16.3. The lowest BCUT2D eigenvalue weighted by Crippen LogP contribution is -2.57. The molecule has 232 valence electrons. The fourth-order valence-corrected chi connectivity index (χ4v) is 6.27. The number of rotatable bonds is 12. The first-order valence-corrected chi connectivity index (χ1v) is 15.4. The molecule has 2 fully saturated rings. The van der Waals surface area contributed by atoms with E-state index in [2.05, 4.69) is 10.6 Å². The van der Waals surface area contributed by atoms with Gasteiger partial charge in [0, 0.05) is 31.1 Å². The summed E-state index contributed by atoms with van der Waals surface area (Å²) in [5, 5.41) is 17.7. The highest BCUT2D eigenvalue weighted by Crippen LogP contribution is 2.35. The van der Waals surface area contributed by atoms with Crippen molar-refractivity contribution in [2.75, 3.05) is 6.54 Å². The number of hydrogen-bond acceptors (Lipinski definition) is 7. The van der Waals surface area contributed by atoms with Crippen LogP contribution in [0.25, 0.3) is 0 Å². The normalized spacial score (nSPS) is 23.0. The van der Waals surface area contributed by atoms with Gasteiger partial charge in [-0.25, -0.2) is 5.84 Å². The van der Waals surface area contributed by atoms with E-state index in [9.17, 15) is 19.5 Å². The molecule has 10 heteroatoms. The van der Waals surface area contributed by atoms with Crippen LogP contribution in [0.2, 0.25) is 0 Å². The Balaban J connectivity index is 1.58. The van der Waals surface area contributed by atoms with E-state index in [0.29, 0.717) is 44.9 Å². The number of benzene rings is 2. The molecule has 2 aliphatic rings. The average molecular weight is 591 g/mol. The number of carbonyl (C=O) groups excluding carboxylic acids is 3. The largest absolute Gasteiger partial charge is 0.399 e. The predicted molar refractivity (Wildman–Crippen MR) is 166 cm³/mol. The monoisotopic (exact) mass is 590 g/mol. The quantitative estimate of drug-likeness (QED) is 0.188. The zero-order chi connectivity index (χ0) is 30.9. The van der Waals surface area contributed by atoms with Gasteiger partial charge in [0.2, 0.25) is 17.7 Å². The number of nitrogens with one attached hydrogen (secondary N) is 2. The summed E-state index contributed by atoms with van der Waals surface area (Å²) in [5.41, 5.74) is 8.14. The lowest BCUT2D eigenvalue weighted by Gasteiger charge is -2.33. The molecule has 2 aliphatic heterocycles. The summed E-state index contributed by atoms with van der Waals surface area (Å²) in [5.74, 6) is 5.28. The Morgan fingerprint density at radius 2 is 1.63 bits per heavy atom. The Morgan fingerprint density at radius 1 is 1.02 bits per heavy atom. The molecule has 0 aromatic heterocycles. The number of hydrogen-bond donors (Lipinski definition) is 5. The summed E-state index contributed by atoms with van der Waals surface area (Å²) in [7, 11) is 0. The minimum absolute atomic E-state index is 0.112. The van der Waals surface area contributed by atoms with E-state index in [1.165, 1.54) is 11.2 Å². The van der Waals surface area contributed by atoms with Crippen LogP contribution in [-0.2, 0) is 14.4 Å². The fraction of sp³-hybridized carbons (Fsp3) is 0.485. The molecule has 0 spiro atoms. The molecule has 0 aliphatic carbocycles. The molecule has 2 aromatic rings. The topological polar surface area (TPSA) is 154 Å². The van der Waals surface area contributed by atoms with E-state index in [1.807, 2.05) is 74.5 Å². The number of amides is 3. The predicted octanol–water partition coefficient (Wildman–Crippen LogP) is 2.69. The first kappa shape index (κ1) is 32.0. The summed E-state index contributed by atoms with van der Waals surface area (Å²) in [6.07, 6.45) is 4.63. The molecule has 5 unspecified atom stereocenters. The number of carbonyl (C=O) groups is 3. The van der Waals surface area contributed by atoms with Gasteiger partial charge < -0.3 is 31.4 Å². The van der Waals surface area contributed by atoms with Crippen LogP contribution < -0.4 is 22.2 Å². The van der Waals surface area contributed by atoms with E-state index in [-0.39, 0.29) is 48.0 Å². The number of aliphatic hydroxyl groups is 1. The van der Waals surface area contributed by atoms with Crippen LogP contribution in [-0.4, -0.2) is 63.5 Å². The zero-order valence-corrected chi connectivity index (χ0v) is 25.2. The van der Waals surface area contributed by atoms with Crippen molar-refractivity contribution in [2.45, 2.75) is 89.1 Å². The second-order valence-electron chi connectivity index (χ2n) is 11.6. The molecule has 43 heavy (non-hydrogen) atoms. The van der Waals surface area contributed by atoms with Gasteiger partial charge in [0.15, 0.2) is 0 Å². The molecule has 3 amide bonds. The van der Waals surface area contributed by atoms with E-state index in [4.69, 9.17) is 11.6 Å². The third-order valence-corrected chi connectivity index (χ3v) is 8.55. The molecule has 0 saturated carbocycles. The van der Waals surface area contributed by atoms with Gasteiger partial charge in [0.1, 0.15) is 12.1 Å². The molecule has 10 nitrogen and oxygen atoms in total. The number of aliphatic hydroxyl groups excluding tert-OH is 1. The van der Waals surface area contributed by atoms with Crippen LogP contribution in [0.4, 0.5) is 0 Å². The van der Waals surface area contributed by atoms with Crippen molar-refractivity contribution in [3.63, 3.8) is 0 Å². The highest BCUT2D eigenvalue weighted by Gasteiger charge is 2.48. The van der Waals surface area contributed by atoms with Crippen LogP contribution in [0.5, 0.6) is 0 Å². The molecule has 5 atom stereocenters. The smallest absolute Gasteiger partial charge is 0.246 e. The van der Waals surface area contributed by atoms with Gasteiger partial charge in [0.05, 0.1) is 17.8 Å². The summed E-state index contributed by atoms with van der Waals surface area (Å²) in [6.45, 7) is 3.98. The van der Waals surface area contributed by atoms with Crippen molar-refractivity contribution in [1.82, 2.24) is 20.5 Å². The maximum absolute atomic E-state index is 14.3. The van der Waals surface area contributed by atoms with E-state index in [0.717, 1.165) is 11.1 Å². The highest BCUT2D eigenvalue weighted by molar-refractivity contribution is 5.93. The lowest BCUT2D eigenvalue weighted by atomic mass is 9.92. The molecule has 0 radical (unpaired) electrons. The lowest BCUT2D eigenvalue weighted by molar-refractivity contribution is -0.143. The van der Waals surface area contributed by atoms with E-state index in [1.54, 1.807) is 4.90 Å². The molecule has 2 saturated heterocycles. The van der Waals surface area contributed by atoms with Crippen molar-refractivity contribution in [3.05, 3.63) is 83.7 Å². The summed E-state index contributed by atoms with van der Waals surface area (Å²) >= 11 is 0. The molecule has 2 aromatic carbocycles. The molecule has 4 rings (SSSR count). The van der Waals surface area contributed by atoms with Gasteiger partial charge in [0.25, 0.3) is 0 Å². The zero-order valence-electron chi connectivity index (χ0n) is 25.2. The SMILES string of the molecule is CCCC(=O)NC1C(=O)N2C(CCC1CN(N)/C=C(\N)C(O)CC)CCC2C(=O)NC(c1ccccc1)c1ccccc1. The second-order valence-corrected chi connectivity index (χ2v) is 11.6. The first-order chi connectivity index (χ1) is 20.7. The van der Waals surface area contributed by atoms with Crippen LogP contribution >= 0.6 is 0 Å². The third kappa shape index (κ3) is 7.94. The Labute approximate surface area is 254 Å². The van der Waals surface area contributed by atoms with Gasteiger partial charge in [-0.3, -0.25) is 14.4 Å². The van der Waals surface area contributed by atoms with Gasteiger partial charge in [-0.15, -0.1) is 0 Å². The summed E-state index contributed by atoms with van der Waals surface area (Å²) in [6, 6.07) is 17.6. The molecular formula is C33H46N6O4. The Bertz CT molecular complexity index is 1220. The van der Waals surface area contributed by atoms with Crippen LogP contribution in [0.3, 0.4) is 0 Å². The maximum Gasteiger partial charge on any atom is 0.246 e. The Kier molecular flexibility index (Phi) is 11.2.